The molecule has 0 unspecified atom stereocenters. The molecule has 4 nitrogen and oxygen atoms in total. The third-order valence-corrected chi connectivity index (χ3v) is 2.92. The summed E-state index contributed by atoms with van der Waals surface area (Å²) in [6.45, 7) is 6.04. The number of carbonyl (C=O) groups excluding carboxylic acids is 1. The summed E-state index contributed by atoms with van der Waals surface area (Å²) in [5, 5.41) is 5.49. The maximum absolute atomic E-state index is 13.5. The largest absolute Gasteiger partial charge is 0.489 e. The third-order valence-electron chi connectivity index (χ3n) is 2.92. The zero-order valence-corrected chi connectivity index (χ0v) is 12.9. The number of carbonyl (C=O) groups is 1. The minimum absolute atomic E-state index is 0.0300. The molecule has 0 bridgehead atoms. The average Bonchev–Trinajstić information content (AvgIpc) is 2.52. The summed E-state index contributed by atoms with van der Waals surface area (Å²) in [6.07, 6.45) is 0. The van der Waals surface area contributed by atoms with Gasteiger partial charge in [0.25, 0.3) is 0 Å². The Kier molecular flexibility index (Phi) is 5.74. The molecular weight excluding hydrogens is 295 g/mol. The Morgan fingerprint density at radius 2 is 2.00 bits per heavy atom. The summed E-state index contributed by atoms with van der Waals surface area (Å²) in [5.74, 6) is -0.0198. The van der Waals surface area contributed by atoms with E-state index in [1.807, 2.05) is 6.92 Å². The minimum atomic E-state index is -0.393. The highest BCUT2D eigenvalue weighted by molar-refractivity contribution is 5.93. The van der Waals surface area contributed by atoms with Crippen LogP contribution in [0.3, 0.4) is 0 Å². The van der Waals surface area contributed by atoms with Gasteiger partial charge in [0.2, 0.25) is 5.91 Å². The van der Waals surface area contributed by atoms with E-state index in [9.17, 15) is 9.18 Å². The molecule has 0 atom stereocenters. The third kappa shape index (κ3) is 5.47. The Hall–Kier alpha value is -2.82. The van der Waals surface area contributed by atoms with Crippen LogP contribution >= 0.6 is 0 Å². The van der Waals surface area contributed by atoms with Crippen molar-refractivity contribution in [2.24, 2.45) is 0 Å². The van der Waals surface area contributed by atoms with Gasteiger partial charge in [0.15, 0.2) is 0 Å². The fourth-order valence-corrected chi connectivity index (χ4v) is 1.86. The van der Waals surface area contributed by atoms with Gasteiger partial charge in [-0.05, 0) is 36.8 Å². The SMILES string of the molecule is C=C(C)COc1cccc(NC(=O)CNc2ccccc2F)c1. The van der Waals surface area contributed by atoms with Crippen molar-refractivity contribution in [3.05, 3.63) is 66.5 Å². The molecule has 0 radical (unpaired) electrons. The van der Waals surface area contributed by atoms with Crippen LogP contribution in [0.2, 0.25) is 0 Å². The Morgan fingerprint density at radius 3 is 2.74 bits per heavy atom. The van der Waals surface area contributed by atoms with Crippen LogP contribution < -0.4 is 15.4 Å². The van der Waals surface area contributed by atoms with Gasteiger partial charge < -0.3 is 15.4 Å². The molecule has 23 heavy (non-hydrogen) atoms. The van der Waals surface area contributed by atoms with Crippen LogP contribution in [0.15, 0.2) is 60.7 Å². The predicted octanol–water partition coefficient (Wildman–Crippen LogP) is 3.83. The molecule has 120 valence electrons. The van der Waals surface area contributed by atoms with Gasteiger partial charge in [0, 0.05) is 11.8 Å². The molecule has 0 saturated carbocycles. The normalized spacial score (nSPS) is 10.0. The van der Waals surface area contributed by atoms with E-state index >= 15 is 0 Å². The summed E-state index contributed by atoms with van der Waals surface area (Å²) >= 11 is 0. The van der Waals surface area contributed by atoms with Crippen molar-refractivity contribution in [1.29, 1.82) is 0 Å². The van der Waals surface area contributed by atoms with Crippen molar-refractivity contribution in [3.8, 4) is 5.75 Å². The lowest BCUT2D eigenvalue weighted by Gasteiger charge is -2.10. The lowest BCUT2D eigenvalue weighted by atomic mass is 10.3. The number of hydrogen-bond donors (Lipinski definition) is 2. The van der Waals surface area contributed by atoms with Gasteiger partial charge in [0.1, 0.15) is 18.2 Å². The molecule has 2 aromatic carbocycles. The maximum atomic E-state index is 13.5. The zero-order valence-electron chi connectivity index (χ0n) is 12.9. The van der Waals surface area contributed by atoms with Crippen LogP contribution in [0.1, 0.15) is 6.92 Å². The average molecular weight is 314 g/mol. The van der Waals surface area contributed by atoms with Crippen LogP contribution in [0, 0.1) is 5.82 Å². The highest BCUT2D eigenvalue weighted by atomic mass is 19.1. The van der Waals surface area contributed by atoms with Crippen LogP contribution in [0.4, 0.5) is 15.8 Å². The van der Waals surface area contributed by atoms with E-state index in [1.165, 1.54) is 6.07 Å². The Balaban J connectivity index is 1.89. The van der Waals surface area contributed by atoms with Crippen LogP contribution in [-0.4, -0.2) is 19.1 Å². The van der Waals surface area contributed by atoms with Crippen LogP contribution in [-0.2, 0) is 4.79 Å². The van der Waals surface area contributed by atoms with Gasteiger partial charge in [-0.25, -0.2) is 4.39 Å². The lowest BCUT2D eigenvalue weighted by molar-refractivity contribution is -0.114. The first-order chi connectivity index (χ1) is 11.0. The Morgan fingerprint density at radius 1 is 1.22 bits per heavy atom. The second-order valence-corrected chi connectivity index (χ2v) is 5.16. The van der Waals surface area contributed by atoms with E-state index in [4.69, 9.17) is 4.74 Å². The molecule has 0 saturated heterocycles. The number of hydrogen-bond acceptors (Lipinski definition) is 3. The van der Waals surface area contributed by atoms with Gasteiger partial charge >= 0.3 is 0 Å². The number of benzene rings is 2. The number of anilines is 2. The highest BCUT2D eigenvalue weighted by Gasteiger charge is 2.05. The van der Waals surface area contributed by atoms with E-state index in [2.05, 4.69) is 17.2 Å². The Labute approximate surface area is 135 Å². The van der Waals surface area contributed by atoms with Gasteiger partial charge in [0.05, 0.1) is 12.2 Å². The molecule has 1 amide bonds. The Bertz CT molecular complexity index is 701. The summed E-state index contributed by atoms with van der Waals surface area (Å²) in [5.41, 5.74) is 1.82. The lowest BCUT2D eigenvalue weighted by Crippen LogP contribution is -2.22. The first kappa shape index (κ1) is 16.5. The van der Waals surface area contributed by atoms with Crippen LogP contribution in [0.5, 0.6) is 5.75 Å². The number of amides is 1. The molecular formula is C18H19FN2O2. The fourth-order valence-electron chi connectivity index (χ4n) is 1.86. The number of halogens is 1. The van der Waals surface area contributed by atoms with Crippen LogP contribution in [0.25, 0.3) is 0 Å². The molecule has 0 aromatic heterocycles. The zero-order chi connectivity index (χ0) is 16.7. The second-order valence-electron chi connectivity index (χ2n) is 5.16. The standard InChI is InChI=1S/C18H19FN2O2/c1-13(2)12-23-15-7-5-6-14(10-15)21-18(22)11-20-17-9-4-3-8-16(17)19/h3-10,20H,1,11-12H2,2H3,(H,21,22). The molecule has 2 aromatic rings. The quantitative estimate of drug-likeness (QED) is 0.764. The van der Waals surface area contributed by atoms with Crippen molar-refractivity contribution < 1.29 is 13.9 Å². The second kappa shape index (κ2) is 7.98. The van der Waals surface area contributed by atoms with E-state index in [0.29, 0.717) is 23.7 Å². The molecule has 5 heteroatoms. The van der Waals surface area contributed by atoms with Crippen molar-refractivity contribution in [3.63, 3.8) is 0 Å². The van der Waals surface area contributed by atoms with E-state index in [1.54, 1.807) is 42.5 Å². The van der Waals surface area contributed by atoms with Gasteiger partial charge in [-0.3, -0.25) is 4.79 Å². The van der Waals surface area contributed by atoms with Crippen molar-refractivity contribution in [1.82, 2.24) is 0 Å². The van der Waals surface area contributed by atoms with E-state index in [-0.39, 0.29) is 12.5 Å². The number of ether oxygens (including phenoxy) is 1. The molecule has 2 N–H and O–H groups in total. The van der Waals surface area contributed by atoms with Crippen molar-refractivity contribution >= 4 is 17.3 Å². The van der Waals surface area contributed by atoms with E-state index < -0.39 is 5.82 Å². The van der Waals surface area contributed by atoms with Crippen molar-refractivity contribution in [2.45, 2.75) is 6.92 Å². The molecule has 0 fully saturated rings. The first-order valence-electron chi connectivity index (χ1n) is 7.20. The number of para-hydroxylation sites is 1. The number of nitrogens with one attached hydrogen (secondary N) is 2. The van der Waals surface area contributed by atoms with Gasteiger partial charge in [-0.1, -0.05) is 24.8 Å². The maximum Gasteiger partial charge on any atom is 0.243 e. The van der Waals surface area contributed by atoms with Gasteiger partial charge in [-0.2, -0.15) is 0 Å². The predicted molar refractivity (Wildman–Crippen MR) is 90.3 cm³/mol. The van der Waals surface area contributed by atoms with Gasteiger partial charge in [-0.15, -0.1) is 0 Å². The molecule has 0 spiro atoms. The molecule has 0 aliphatic heterocycles. The van der Waals surface area contributed by atoms with E-state index in [0.717, 1.165) is 5.57 Å². The highest BCUT2D eigenvalue weighted by Crippen LogP contribution is 2.18. The fraction of sp³-hybridized carbons (Fsp3) is 0.167. The monoisotopic (exact) mass is 314 g/mol. The summed E-state index contributed by atoms with van der Waals surface area (Å²) in [6, 6.07) is 13.3. The summed E-state index contributed by atoms with van der Waals surface area (Å²) < 4.78 is 19.0. The number of rotatable bonds is 7. The first-order valence-corrected chi connectivity index (χ1v) is 7.20. The summed E-state index contributed by atoms with van der Waals surface area (Å²) in [7, 11) is 0. The topological polar surface area (TPSA) is 50.4 Å². The smallest absolute Gasteiger partial charge is 0.243 e. The minimum Gasteiger partial charge on any atom is -0.489 e. The molecule has 0 heterocycles. The summed E-state index contributed by atoms with van der Waals surface area (Å²) in [4.78, 5) is 11.9. The molecule has 0 aliphatic carbocycles. The molecule has 0 aliphatic rings. The van der Waals surface area contributed by atoms with Crippen molar-refractivity contribution in [2.75, 3.05) is 23.8 Å². The molecule has 2 rings (SSSR count).